The number of hydrogen-bond donors (Lipinski definition) is 2. The fraction of sp³-hybridized carbons (Fsp3) is 0.500. The highest BCUT2D eigenvalue weighted by atomic mass is 16.5. The normalized spacial score (nSPS) is 11.6. The smallest absolute Gasteiger partial charge is 0.332 e. The van der Waals surface area contributed by atoms with Gasteiger partial charge in [0.15, 0.2) is 17.6 Å². The van der Waals surface area contributed by atoms with E-state index < -0.39 is 12.1 Å². The largest absolute Gasteiger partial charge is 0.493 e. The summed E-state index contributed by atoms with van der Waals surface area (Å²) >= 11 is 0. The van der Waals surface area contributed by atoms with Crippen LogP contribution < -0.4 is 14.8 Å². The molecule has 0 radical (unpaired) electrons. The Bertz CT molecular complexity index is 531. The number of amides is 1. The molecule has 0 saturated carbocycles. The molecular formula is C16H23NO6. The molecule has 0 heterocycles. The van der Waals surface area contributed by atoms with E-state index in [1.807, 2.05) is 12.1 Å². The molecule has 7 nitrogen and oxygen atoms in total. The predicted octanol–water partition coefficient (Wildman–Crippen LogP) is 1.24. The van der Waals surface area contributed by atoms with Crippen molar-refractivity contribution in [2.45, 2.75) is 25.9 Å². The number of methoxy groups -OCH3 is 2. The molecule has 7 heteroatoms. The first-order chi connectivity index (χ1) is 11.0. The van der Waals surface area contributed by atoms with Gasteiger partial charge in [0.1, 0.15) is 0 Å². The standard InChI is InChI=1S/C16H23NO6/c1-11(16(19)20)23-9-8-17-15(18)7-5-12-4-6-13(21-2)14(10-12)22-3/h4,6,10-11H,5,7-9H2,1-3H3,(H,17,18)(H,19,20). The molecule has 0 aliphatic carbocycles. The van der Waals surface area contributed by atoms with E-state index in [9.17, 15) is 9.59 Å². The van der Waals surface area contributed by atoms with E-state index in [0.717, 1.165) is 5.56 Å². The van der Waals surface area contributed by atoms with Gasteiger partial charge in [0.25, 0.3) is 0 Å². The number of hydrogen-bond acceptors (Lipinski definition) is 5. The Labute approximate surface area is 135 Å². The SMILES string of the molecule is COc1ccc(CCC(=O)NCCOC(C)C(=O)O)cc1OC. The Hall–Kier alpha value is -2.28. The van der Waals surface area contributed by atoms with E-state index in [-0.39, 0.29) is 19.1 Å². The molecule has 0 aliphatic heterocycles. The molecule has 0 aromatic heterocycles. The van der Waals surface area contributed by atoms with Crippen LogP contribution in [0.25, 0.3) is 0 Å². The number of carboxylic acid groups (broad SMARTS) is 1. The van der Waals surface area contributed by atoms with Crippen LogP contribution >= 0.6 is 0 Å². The summed E-state index contributed by atoms with van der Waals surface area (Å²) in [7, 11) is 3.13. The highest BCUT2D eigenvalue weighted by Gasteiger charge is 2.11. The zero-order chi connectivity index (χ0) is 17.2. The van der Waals surface area contributed by atoms with E-state index in [2.05, 4.69) is 5.32 Å². The predicted molar refractivity (Wildman–Crippen MR) is 83.9 cm³/mol. The van der Waals surface area contributed by atoms with Crippen LogP contribution in [0.3, 0.4) is 0 Å². The van der Waals surface area contributed by atoms with Gasteiger partial charge >= 0.3 is 5.97 Å². The first-order valence-corrected chi connectivity index (χ1v) is 7.30. The molecule has 0 bridgehead atoms. The van der Waals surface area contributed by atoms with Crippen molar-refractivity contribution in [2.24, 2.45) is 0 Å². The number of rotatable bonds is 10. The summed E-state index contributed by atoms with van der Waals surface area (Å²) in [6.45, 7) is 1.89. The van der Waals surface area contributed by atoms with Crippen molar-refractivity contribution in [3.8, 4) is 11.5 Å². The fourth-order valence-electron chi connectivity index (χ4n) is 1.88. The number of aliphatic carboxylic acids is 1. The minimum Gasteiger partial charge on any atom is -0.493 e. The number of aryl methyl sites for hydroxylation is 1. The van der Waals surface area contributed by atoms with Gasteiger partial charge in [-0.05, 0) is 31.0 Å². The van der Waals surface area contributed by atoms with Crippen molar-refractivity contribution < 1.29 is 28.9 Å². The molecule has 128 valence electrons. The molecule has 1 atom stereocenters. The molecule has 1 aromatic carbocycles. The second-order valence-electron chi connectivity index (χ2n) is 4.89. The number of nitrogens with one attached hydrogen (secondary N) is 1. The molecule has 1 amide bonds. The van der Waals surface area contributed by atoms with Crippen molar-refractivity contribution in [1.29, 1.82) is 0 Å². The van der Waals surface area contributed by atoms with Crippen LogP contribution in [-0.4, -0.2) is 50.5 Å². The zero-order valence-electron chi connectivity index (χ0n) is 13.6. The van der Waals surface area contributed by atoms with Crippen LogP contribution in [0.4, 0.5) is 0 Å². The molecule has 1 unspecified atom stereocenters. The van der Waals surface area contributed by atoms with Gasteiger partial charge in [0, 0.05) is 13.0 Å². The van der Waals surface area contributed by atoms with Crippen molar-refractivity contribution in [3.05, 3.63) is 23.8 Å². The number of ether oxygens (including phenoxy) is 3. The number of carbonyl (C=O) groups excluding carboxylic acids is 1. The monoisotopic (exact) mass is 325 g/mol. The molecule has 1 rings (SSSR count). The van der Waals surface area contributed by atoms with Crippen molar-refractivity contribution in [3.63, 3.8) is 0 Å². The summed E-state index contributed by atoms with van der Waals surface area (Å²) in [6.07, 6.45) is 0.0152. The van der Waals surface area contributed by atoms with Crippen molar-refractivity contribution in [2.75, 3.05) is 27.4 Å². The highest BCUT2D eigenvalue weighted by Crippen LogP contribution is 2.27. The summed E-state index contributed by atoms with van der Waals surface area (Å²) in [5.41, 5.74) is 0.966. The van der Waals surface area contributed by atoms with Gasteiger partial charge in [-0.3, -0.25) is 4.79 Å². The van der Waals surface area contributed by atoms with Crippen LogP contribution in [0.5, 0.6) is 11.5 Å². The lowest BCUT2D eigenvalue weighted by molar-refractivity contribution is -0.148. The molecule has 23 heavy (non-hydrogen) atoms. The molecular weight excluding hydrogens is 302 g/mol. The van der Waals surface area contributed by atoms with E-state index in [1.165, 1.54) is 6.92 Å². The number of carboxylic acids is 1. The van der Waals surface area contributed by atoms with Crippen LogP contribution in [0.15, 0.2) is 18.2 Å². The Morgan fingerprint density at radius 1 is 1.22 bits per heavy atom. The molecule has 2 N–H and O–H groups in total. The molecule has 0 saturated heterocycles. The van der Waals surface area contributed by atoms with Gasteiger partial charge in [0.2, 0.25) is 5.91 Å². The Morgan fingerprint density at radius 2 is 1.91 bits per heavy atom. The second kappa shape index (κ2) is 9.68. The Kier molecular flexibility index (Phi) is 7.90. The van der Waals surface area contributed by atoms with Crippen molar-refractivity contribution in [1.82, 2.24) is 5.32 Å². The molecule has 1 aromatic rings. The lowest BCUT2D eigenvalue weighted by atomic mass is 10.1. The van der Waals surface area contributed by atoms with Gasteiger partial charge in [-0.2, -0.15) is 0 Å². The Balaban J connectivity index is 2.32. The zero-order valence-corrected chi connectivity index (χ0v) is 13.6. The van der Waals surface area contributed by atoms with E-state index in [4.69, 9.17) is 19.3 Å². The maximum Gasteiger partial charge on any atom is 0.332 e. The average molecular weight is 325 g/mol. The van der Waals surface area contributed by atoms with E-state index in [1.54, 1.807) is 20.3 Å². The lowest BCUT2D eigenvalue weighted by Crippen LogP contribution is -2.30. The number of benzene rings is 1. The lowest BCUT2D eigenvalue weighted by Gasteiger charge is -2.10. The summed E-state index contributed by atoms with van der Waals surface area (Å²) in [6, 6.07) is 5.52. The first-order valence-electron chi connectivity index (χ1n) is 7.30. The van der Waals surface area contributed by atoms with Gasteiger partial charge in [0.05, 0.1) is 20.8 Å². The maximum atomic E-state index is 11.7. The average Bonchev–Trinajstić information content (AvgIpc) is 2.56. The van der Waals surface area contributed by atoms with Gasteiger partial charge in [-0.15, -0.1) is 0 Å². The van der Waals surface area contributed by atoms with Gasteiger partial charge < -0.3 is 24.6 Å². The third-order valence-corrected chi connectivity index (χ3v) is 3.23. The van der Waals surface area contributed by atoms with Crippen LogP contribution in [0.2, 0.25) is 0 Å². The third-order valence-electron chi connectivity index (χ3n) is 3.23. The number of carbonyl (C=O) groups is 2. The first kappa shape index (κ1) is 18.8. The topological polar surface area (TPSA) is 94.1 Å². The van der Waals surface area contributed by atoms with Crippen molar-refractivity contribution >= 4 is 11.9 Å². The highest BCUT2D eigenvalue weighted by molar-refractivity contribution is 5.76. The summed E-state index contributed by atoms with van der Waals surface area (Å²) < 4.78 is 15.4. The van der Waals surface area contributed by atoms with Gasteiger partial charge in [-0.25, -0.2) is 4.79 Å². The molecule has 0 spiro atoms. The second-order valence-corrected chi connectivity index (χ2v) is 4.89. The van der Waals surface area contributed by atoms with E-state index >= 15 is 0 Å². The Morgan fingerprint density at radius 3 is 2.52 bits per heavy atom. The maximum absolute atomic E-state index is 11.7. The summed E-state index contributed by atoms with van der Waals surface area (Å²) in [4.78, 5) is 22.3. The van der Waals surface area contributed by atoms with Crippen LogP contribution in [0, 0.1) is 0 Å². The molecule has 0 aliphatic rings. The van der Waals surface area contributed by atoms with Crippen LogP contribution in [0.1, 0.15) is 18.9 Å². The third kappa shape index (κ3) is 6.56. The minimum absolute atomic E-state index is 0.119. The van der Waals surface area contributed by atoms with Crippen LogP contribution in [-0.2, 0) is 20.7 Å². The summed E-state index contributed by atoms with van der Waals surface area (Å²) in [5, 5.41) is 11.3. The molecule has 0 fully saturated rings. The fourth-order valence-corrected chi connectivity index (χ4v) is 1.88. The van der Waals surface area contributed by atoms with Gasteiger partial charge in [-0.1, -0.05) is 6.07 Å². The minimum atomic E-state index is -1.02. The van der Waals surface area contributed by atoms with E-state index in [0.29, 0.717) is 24.3 Å². The summed E-state index contributed by atoms with van der Waals surface area (Å²) in [5.74, 6) is 0.128. The quantitative estimate of drug-likeness (QED) is 0.629.